The highest BCUT2D eigenvalue weighted by Crippen LogP contribution is 2.42. The number of thioether (sulfide) groups is 1. The maximum atomic E-state index is 4.58. The van der Waals surface area contributed by atoms with Crippen molar-refractivity contribution < 1.29 is 0 Å². The minimum absolute atomic E-state index is 0.802. The molecule has 1 aromatic heterocycles. The molecule has 0 unspecified atom stereocenters. The van der Waals surface area contributed by atoms with E-state index < -0.39 is 0 Å². The zero-order chi connectivity index (χ0) is 11.7. The smallest absolute Gasteiger partial charge is 0.0959 e. The first-order valence-electron chi connectivity index (χ1n) is 6.54. The molecular formula is C13H20N2S2. The van der Waals surface area contributed by atoms with Gasteiger partial charge in [0.1, 0.15) is 0 Å². The van der Waals surface area contributed by atoms with E-state index in [1.807, 2.05) is 23.1 Å². The zero-order valence-electron chi connectivity index (χ0n) is 10.4. The van der Waals surface area contributed by atoms with Crippen LogP contribution in [-0.4, -0.2) is 34.5 Å². The van der Waals surface area contributed by atoms with Gasteiger partial charge in [-0.15, -0.1) is 11.3 Å². The number of nitrogens with zero attached hydrogens (tertiary/aromatic N) is 2. The Morgan fingerprint density at radius 3 is 3.12 bits per heavy atom. The number of hydrogen-bond acceptors (Lipinski definition) is 4. The van der Waals surface area contributed by atoms with Gasteiger partial charge in [0.15, 0.2) is 0 Å². The van der Waals surface area contributed by atoms with Crippen LogP contribution in [-0.2, 0) is 6.54 Å². The van der Waals surface area contributed by atoms with Gasteiger partial charge in [-0.25, -0.2) is 4.98 Å². The van der Waals surface area contributed by atoms with Crippen LogP contribution in [0.5, 0.6) is 0 Å². The van der Waals surface area contributed by atoms with Crippen LogP contribution in [0.25, 0.3) is 0 Å². The van der Waals surface area contributed by atoms with E-state index in [1.54, 1.807) is 0 Å². The van der Waals surface area contributed by atoms with Crippen LogP contribution in [0.3, 0.4) is 0 Å². The Kier molecular flexibility index (Phi) is 3.73. The first-order valence-corrected chi connectivity index (χ1v) is 8.75. The molecule has 1 atom stereocenters. The van der Waals surface area contributed by atoms with E-state index in [1.165, 1.54) is 47.9 Å². The number of aromatic nitrogens is 1. The molecule has 2 heterocycles. The highest BCUT2D eigenvalue weighted by molar-refractivity contribution is 7.98. The Morgan fingerprint density at radius 1 is 1.47 bits per heavy atom. The van der Waals surface area contributed by atoms with Crippen LogP contribution in [0, 0.1) is 0 Å². The summed E-state index contributed by atoms with van der Waals surface area (Å²) >= 11 is 3.93. The lowest BCUT2D eigenvalue weighted by Crippen LogP contribution is -2.30. The fourth-order valence-corrected chi connectivity index (χ4v) is 4.47. The van der Waals surface area contributed by atoms with E-state index in [4.69, 9.17) is 0 Å². The predicted molar refractivity (Wildman–Crippen MR) is 75.9 cm³/mol. The van der Waals surface area contributed by atoms with Gasteiger partial charge in [0.2, 0.25) is 0 Å². The first-order chi connectivity index (χ1) is 8.36. The molecule has 2 fully saturated rings. The third kappa shape index (κ3) is 2.85. The maximum absolute atomic E-state index is 4.58. The molecule has 1 saturated carbocycles. The highest BCUT2D eigenvalue weighted by Gasteiger charge is 2.28. The van der Waals surface area contributed by atoms with E-state index in [0.29, 0.717) is 0 Å². The molecule has 94 valence electrons. The average Bonchev–Trinajstić information content (AvgIpc) is 2.93. The zero-order valence-corrected chi connectivity index (χ0v) is 12.0. The lowest BCUT2D eigenvalue weighted by Gasteiger charge is -2.22. The maximum Gasteiger partial charge on any atom is 0.0959 e. The topological polar surface area (TPSA) is 16.1 Å². The van der Waals surface area contributed by atoms with Gasteiger partial charge in [0.05, 0.1) is 5.01 Å². The van der Waals surface area contributed by atoms with Crippen LogP contribution in [0.2, 0.25) is 0 Å². The monoisotopic (exact) mass is 268 g/mol. The van der Waals surface area contributed by atoms with Crippen LogP contribution < -0.4 is 0 Å². The van der Waals surface area contributed by atoms with Gasteiger partial charge in [-0.05, 0) is 38.5 Å². The highest BCUT2D eigenvalue weighted by atomic mass is 32.2. The summed E-state index contributed by atoms with van der Waals surface area (Å²) in [5.41, 5.74) is 0. The van der Waals surface area contributed by atoms with E-state index in [9.17, 15) is 0 Å². The Labute approximate surface area is 112 Å². The summed E-state index contributed by atoms with van der Waals surface area (Å²) in [6.45, 7) is 2.41. The molecule has 0 spiro atoms. The molecule has 1 aliphatic carbocycles. The van der Waals surface area contributed by atoms with Crippen molar-refractivity contribution in [1.82, 2.24) is 9.88 Å². The molecule has 0 amide bonds. The first kappa shape index (κ1) is 12.0. The fraction of sp³-hybridized carbons (Fsp3) is 0.769. The molecule has 2 nitrogen and oxygen atoms in total. The SMILES string of the molecule is CSC[C@@H]1CCCN1Cc1cnc(C2CC2)s1. The summed E-state index contributed by atoms with van der Waals surface area (Å²) < 4.78 is 0. The Bertz CT molecular complexity index is 373. The van der Waals surface area contributed by atoms with Gasteiger partial charge in [-0.3, -0.25) is 4.90 Å². The van der Waals surface area contributed by atoms with Crippen LogP contribution >= 0.6 is 23.1 Å². The van der Waals surface area contributed by atoms with E-state index in [-0.39, 0.29) is 0 Å². The van der Waals surface area contributed by atoms with Gasteiger partial charge in [0.25, 0.3) is 0 Å². The fourth-order valence-electron chi connectivity index (χ4n) is 2.60. The second-order valence-corrected chi connectivity index (χ2v) is 7.22. The van der Waals surface area contributed by atoms with Crippen molar-refractivity contribution in [3.05, 3.63) is 16.1 Å². The minimum Gasteiger partial charge on any atom is -0.294 e. The van der Waals surface area contributed by atoms with E-state index in [0.717, 1.165) is 18.5 Å². The number of hydrogen-bond donors (Lipinski definition) is 0. The van der Waals surface area contributed by atoms with Crippen molar-refractivity contribution in [2.75, 3.05) is 18.6 Å². The largest absolute Gasteiger partial charge is 0.294 e. The second kappa shape index (κ2) is 5.29. The van der Waals surface area contributed by atoms with Crippen molar-refractivity contribution >= 4 is 23.1 Å². The normalized spacial score (nSPS) is 25.6. The van der Waals surface area contributed by atoms with Gasteiger partial charge < -0.3 is 0 Å². The molecule has 0 bridgehead atoms. The minimum atomic E-state index is 0.802. The quantitative estimate of drug-likeness (QED) is 0.815. The van der Waals surface area contributed by atoms with Crippen molar-refractivity contribution in [3.8, 4) is 0 Å². The molecule has 4 heteroatoms. The molecular weight excluding hydrogens is 248 g/mol. The van der Waals surface area contributed by atoms with Crippen LogP contribution in [0.4, 0.5) is 0 Å². The number of likely N-dealkylation sites (tertiary alicyclic amines) is 1. The Morgan fingerprint density at radius 2 is 2.35 bits per heavy atom. The molecule has 17 heavy (non-hydrogen) atoms. The van der Waals surface area contributed by atoms with Gasteiger partial charge in [-0.1, -0.05) is 0 Å². The molecule has 2 aliphatic rings. The summed E-state index contributed by atoms with van der Waals surface area (Å²) in [6, 6.07) is 0.802. The van der Waals surface area contributed by atoms with Crippen molar-refractivity contribution in [3.63, 3.8) is 0 Å². The molecule has 0 N–H and O–H groups in total. The Hall–Kier alpha value is -0.0600. The third-order valence-corrected chi connectivity index (χ3v) is 5.58. The average molecular weight is 268 g/mol. The van der Waals surface area contributed by atoms with Gasteiger partial charge in [-0.2, -0.15) is 11.8 Å². The lowest BCUT2D eigenvalue weighted by molar-refractivity contribution is 0.266. The Balaban J connectivity index is 1.60. The standard InChI is InChI=1S/C13H20N2S2/c1-16-9-11-3-2-6-15(11)8-12-7-14-13(17-12)10-4-5-10/h7,10-11H,2-6,8-9H2,1H3/t11-/m0/s1. The molecule has 1 aliphatic heterocycles. The number of thiazole rings is 1. The molecule has 1 aromatic rings. The molecule has 0 radical (unpaired) electrons. The van der Waals surface area contributed by atoms with E-state index in [2.05, 4.69) is 22.3 Å². The van der Waals surface area contributed by atoms with Crippen molar-refractivity contribution in [1.29, 1.82) is 0 Å². The summed E-state index contributed by atoms with van der Waals surface area (Å²) in [6.07, 6.45) is 9.83. The van der Waals surface area contributed by atoms with E-state index >= 15 is 0 Å². The molecule has 0 aromatic carbocycles. The summed E-state index contributed by atoms with van der Waals surface area (Å²) in [4.78, 5) is 8.70. The van der Waals surface area contributed by atoms with Gasteiger partial charge in [0, 0.05) is 35.3 Å². The molecule has 3 rings (SSSR count). The third-order valence-electron chi connectivity index (χ3n) is 3.72. The second-order valence-electron chi connectivity index (χ2n) is 5.16. The predicted octanol–water partition coefficient (Wildman–Crippen LogP) is 3.35. The lowest BCUT2D eigenvalue weighted by atomic mass is 10.2. The summed E-state index contributed by atoms with van der Waals surface area (Å²) in [5, 5.41) is 1.39. The summed E-state index contributed by atoms with van der Waals surface area (Å²) in [5.74, 6) is 2.10. The van der Waals surface area contributed by atoms with Crippen LogP contribution in [0.1, 0.15) is 41.5 Å². The molecule has 1 saturated heterocycles. The van der Waals surface area contributed by atoms with Gasteiger partial charge >= 0.3 is 0 Å². The number of rotatable bonds is 5. The summed E-state index contributed by atoms with van der Waals surface area (Å²) in [7, 11) is 0. The van der Waals surface area contributed by atoms with Crippen molar-refractivity contribution in [2.24, 2.45) is 0 Å². The van der Waals surface area contributed by atoms with Crippen molar-refractivity contribution in [2.45, 2.75) is 44.2 Å². The van der Waals surface area contributed by atoms with Crippen LogP contribution in [0.15, 0.2) is 6.20 Å².